The lowest BCUT2D eigenvalue weighted by Crippen LogP contribution is -2.21. The molecule has 3 heteroatoms. The van der Waals surface area contributed by atoms with Crippen molar-refractivity contribution in [2.45, 2.75) is 27.2 Å². The number of hydrogen-bond donors (Lipinski definition) is 0. The standard InChI is InChI=1S/C13H15ClO2/c1-8-4-12-9(5-10(8)14)11(15)6-13(2,3)7-16-12/h4-5H,6-7H2,1-3H3. The van der Waals surface area contributed by atoms with Gasteiger partial charge in [-0.3, -0.25) is 4.79 Å². The van der Waals surface area contributed by atoms with Crippen LogP contribution in [0.1, 0.15) is 36.2 Å². The largest absolute Gasteiger partial charge is 0.492 e. The number of Topliss-reactive ketones (excluding diaryl/α,β-unsaturated/α-hetero) is 1. The molecule has 0 radical (unpaired) electrons. The molecule has 1 aromatic carbocycles. The molecule has 2 nitrogen and oxygen atoms in total. The Bertz CT molecular complexity index is 449. The lowest BCUT2D eigenvalue weighted by molar-refractivity contribution is 0.0918. The van der Waals surface area contributed by atoms with Crippen molar-refractivity contribution in [1.82, 2.24) is 0 Å². The van der Waals surface area contributed by atoms with Crippen molar-refractivity contribution in [1.29, 1.82) is 0 Å². The van der Waals surface area contributed by atoms with Gasteiger partial charge in [-0.1, -0.05) is 25.4 Å². The molecular formula is C13H15ClO2. The lowest BCUT2D eigenvalue weighted by Gasteiger charge is -2.19. The molecule has 86 valence electrons. The molecule has 0 aromatic heterocycles. The summed E-state index contributed by atoms with van der Waals surface area (Å²) in [6.45, 7) is 6.54. The minimum atomic E-state index is -0.115. The van der Waals surface area contributed by atoms with Crippen molar-refractivity contribution in [3.05, 3.63) is 28.3 Å². The van der Waals surface area contributed by atoms with Gasteiger partial charge in [0, 0.05) is 16.9 Å². The van der Waals surface area contributed by atoms with Gasteiger partial charge in [-0.25, -0.2) is 0 Å². The van der Waals surface area contributed by atoms with Gasteiger partial charge in [0.15, 0.2) is 5.78 Å². The fourth-order valence-electron chi connectivity index (χ4n) is 1.85. The third kappa shape index (κ3) is 2.07. The fourth-order valence-corrected chi connectivity index (χ4v) is 2.01. The van der Waals surface area contributed by atoms with Crippen LogP contribution in [0.2, 0.25) is 5.02 Å². The van der Waals surface area contributed by atoms with E-state index in [-0.39, 0.29) is 11.2 Å². The fraction of sp³-hybridized carbons (Fsp3) is 0.462. The van der Waals surface area contributed by atoms with Crippen LogP contribution in [0.15, 0.2) is 12.1 Å². The first-order chi connectivity index (χ1) is 7.39. The van der Waals surface area contributed by atoms with E-state index in [0.717, 1.165) is 5.56 Å². The van der Waals surface area contributed by atoms with Gasteiger partial charge >= 0.3 is 0 Å². The minimum absolute atomic E-state index is 0.111. The summed E-state index contributed by atoms with van der Waals surface area (Å²) < 4.78 is 5.69. The monoisotopic (exact) mass is 238 g/mol. The first kappa shape index (κ1) is 11.5. The molecule has 0 amide bonds. The Labute approximate surface area is 101 Å². The molecule has 0 atom stereocenters. The van der Waals surface area contributed by atoms with Crippen molar-refractivity contribution < 1.29 is 9.53 Å². The maximum atomic E-state index is 12.0. The Hall–Kier alpha value is -1.02. The first-order valence-corrected chi connectivity index (χ1v) is 5.73. The molecule has 0 unspecified atom stereocenters. The zero-order chi connectivity index (χ0) is 11.9. The topological polar surface area (TPSA) is 26.3 Å². The Morgan fingerprint density at radius 3 is 2.75 bits per heavy atom. The second-order valence-electron chi connectivity index (χ2n) is 5.15. The van der Waals surface area contributed by atoms with Crippen molar-refractivity contribution >= 4 is 17.4 Å². The number of carbonyl (C=O) groups is 1. The molecule has 1 aliphatic rings. The van der Waals surface area contributed by atoms with E-state index < -0.39 is 0 Å². The van der Waals surface area contributed by atoms with Crippen LogP contribution in [0.25, 0.3) is 0 Å². The van der Waals surface area contributed by atoms with Crippen LogP contribution in [-0.4, -0.2) is 12.4 Å². The summed E-state index contributed by atoms with van der Waals surface area (Å²) in [4.78, 5) is 12.0. The molecule has 1 aromatic rings. The molecule has 0 bridgehead atoms. The third-order valence-corrected chi connectivity index (χ3v) is 3.23. The summed E-state index contributed by atoms with van der Waals surface area (Å²) in [5.41, 5.74) is 1.44. The van der Waals surface area contributed by atoms with E-state index in [1.165, 1.54) is 0 Å². The highest BCUT2D eigenvalue weighted by atomic mass is 35.5. The molecule has 0 spiro atoms. The van der Waals surface area contributed by atoms with E-state index >= 15 is 0 Å². The number of rotatable bonds is 0. The average Bonchev–Trinajstić information content (AvgIpc) is 2.27. The van der Waals surface area contributed by atoms with E-state index in [2.05, 4.69) is 0 Å². The van der Waals surface area contributed by atoms with Gasteiger partial charge < -0.3 is 4.74 Å². The maximum Gasteiger partial charge on any atom is 0.167 e. The van der Waals surface area contributed by atoms with Crippen molar-refractivity contribution in [3.63, 3.8) is 0 Å². The highest BCUT2D eigenvalue weighted by Crippen LogP contribution is 2.35. The van der Waals surface area contributed by atoms with Gasteiger partial charge in [0.2, 0.25) is 0 Å². The van der Waals surface area contributed by atoms with Crippen molar-refractivity contribution in [2.75, 3.05) is 6.61 Å². The first-order valence-electron chi connectivity index (χ1n) is 5.35. The number of carbonyl (C=O) groups excluding carboxylic acids is 1. The number of aryl methyl sites for hydroxylation is 1. The smallest absolute Gasteiger partial charge is 0.167 e. The Morgan fingerprint density at radius 2 is 2.06 bits per heavy atom. The van der Waals surface area contributed by atoms with E-state index in [1.807, 2.05) is 26.8 Å². The van der Waals surface area contributed by atoms with Crippen LogP contribution in [0, 0.1) is 12.3 Å². The second-order valence-corrected chi connectivity index (χ2v) is 5.56. The summed E-state index contributed by atoms with van der Waals surface area (Å²) in [7, 11) is 0. The summed E-state index contributed by atoms with van der Waals surface area (Å²) in [6, 6.07) is 3.56. The van der Waals surface area contributed by atoms with Crippen LogP contribution in [0.5, 0.6) is 5.75 Å². The van der Waals surface area contributed by atoms with Gasteiger partial charge in [0.1, 0.15) is 5.75 Å². The Morgan fingerprint density at radius 1 is 1.38 bits per heavy atom. The predicted octanol–water partition coefficient (Wildman–Crippen LogP) is 3.64. The number of fused-ring (bicyclic) bond motifs is 1. The molecule has 1 aliphatic heterocycles. The summed E-state index contributed by atoms with van der Waals surface area (Å²) in [6.07, 6.45) is 0.499. The summed E-state index contributed by atoms with van der Waals surface area (Å²) in [5.74, 6) is 0.775. The van der Waals surface area contributed by atoms with Gasteiger partial charge in [-0.05, 0) is 24.6 Å². The summed E-state index contributed by atoms with van der Waals surface area (Å²) >= 11 is 6.03. The van der Waals surface area contributed by atoms with Crippen LogP contribution in [-0.2, 0) is 0 Å². The van der Waals surface area contributed by atoms with E-state index in [0.29, 0.717) is 29.4 Å². The number of benzene rings is 1. The lowest BCUT2D eigenvalue weighted by atomic mass is 9.87. The zero-order valence-corrected chi connectivity index (χ0v) is 10.5. The molecule has 16 heavy (non-hydrogen) atoms. The van der Waals surface area contributed by atoms with E-state index in [9.17, 15) is 4.79 Å². The van der Waals surface area contributed by atoms with Gasteiger partial charge in [0.05, 0.1) is 12.2 Å². The minimum Gasteiger partial charge on any atom is -0.492 e. The highest BCUT2D eigenvalue weighted by molar-refractivity contribution is 6.31. The molecule has 2 rings (SSSR count). The quantitative estimate of drug-likeness (QED) is 0.690. The normalized spacial score (nSPS) is 18.6. The molecular weight excluding hydrogens is 224 g/mol. The Balaban J connectivity index is 2.49. The van der Waals surface area contributed by atoms with Crippen LogP contribution in [0.4, 0.5) is 0 Å². The summed E-state index contributed by atoms with van der Waals surface area (Å²) in [5, 5.41) is 0.621. The molecule has 0 saturated heterocycles. The molecule has 0 fully saturated rings. The van der Waals surface area contributed by atoms with Crippen LogP contribution >= 0.6 is 11.6 Å². The van der Waals surface area contributed by atoms with E-state index in [1.54, 1.807) is 6.07 Å². The second kappa shape index (κ2) is 3.77. The molecule has 1 heterocycles. The Kier molecular flexibility index (Phi) is 2.70. The van der Waals surface area contributed by atoms with Crippen molar-refractivity contribution in [3.8, 4) is 5.75 Å². The van der Waals surface area contributed by atoms with Crippen LogP contribution < -0.4 is 4.74 Å². The van der Waals surface area contributed by atoms with Gasteiger partial charge in [0.25, 0.3) is 0 Å². The average molecular weight is 239 g/mol. The number of ether oxygens (including phenoxy) is 1. The zero-order valence-electron chi connectivity index (χ0n) is 9.76. The molecule has 0 aliphatic carbocycles. The molecule has 0 saturated carbocycles. The van der Waals surface area contributed by atoms with E-state index in [4.69, 9.17) is 16.3 Å². The number of ketones is 1. The highest BCUT2D eigenvalue weighted by Gasteiger charge is 2.29. The van der Waals surface area contributed by atoms with Gasteiger partial charge in [-0.2, -0.15) is 0 Å². The SMILES string of the molecule is Cc1cc2c(cc1Cl)C(=O)CC(C)(C)CO2. The molecule has 0 N–H and O–H groups in total. The predicted molar refractivity (Wildman–Crippen MR) is 64.4 cm³/mol. The third-order valence-electron chi connectivity index (χ3n) is 2.82. The van der Waals surface area contributed by atoms with Gasteiger partial charge in [-0.15, -0.1) is 0 Å². The number of hydrogen-bond acceptors (Lipinski definition) is 2. The maximum absolute atomic E-state index is 12.0. The number of halogens is 1. The van der Waals surface area contributed by atoms with Crippen LogP contribution in [0.3, 0.4) is 0 Å². The van der Waals surface area contributed by atoms with Crippen molar-refractivity contribution in [2.24, 2.45) is 5.41 Å².